The second-order valence-corrected chi connectivity index (χ2v) is 4.47. The molecule has 1 heterocycles. The second kappa shape index (κ2) is 5.69. The van der Waals surface area contributed by atoms with E-state index in [1.807, 2.05) is 4.90 Å². The van der Waals surface area contributed by atoms with Gasteiger partial charge in [-0.2, -0.15) is 0 Å². The van der Waals surface area contributed by atoms with Crippen LogP contribution >= 0.6 is 0 Å². The summed E-state index contributed by atoms with van der Waals surface area (Å²) in [5, 5.41) is 11.2. The molecule has 1 aliphatic heterocycles. The van der Waals surface area contributed by atoms with E-state index in [2.05, 4.69) is 0 Å². The molecular weight excluding hydrogens is 248 g/mol. The van der Waals surface area contributed by atoms with E-state index >= 15 is 0 Å². The largest absolute Gasteiger partial charge is 0.465 e. The SMILES string of the molecule is COC(=O)c1cccc([N+](=O)[O-])c1N1CCCCC1. The molecule has 0 amide bonds. The Morgan fingerprint density at radius 1 is 1.32 bits per heavy atom. The van der Waals surface area contributed by atoms with Crippen molar-refractivity contribution in [2.24, 2.45) is 0 Å². The van der Waals surface area contributed by atoms with Gasteiger partial charge in [0.15, 0.2) is 0 Å². The molecule has 2 rings (SSSR count). The lowest BCUT2D eigenvalue weighted by Crippen LogP contribution is -2.31. The molecule has 0 radical (unpaired) electrons. The third-order valence-corrected chi connectivity index (χ3v) is 3.29. The topological polar surface area (TPSA) is 72.7 Å². The smallest absolute Gasteiger partial charge is 0.340 e. The number of nitro groups is 1. The van der Waals surface area contributed by atoms with Gasteiger partial charge < -0.3 is 9.64 Å². The number of anilines is 1. The molecule has 0 bridgehead atoms. The highest BCUT2D eigenvalue weighted by Crippen LogP contribution is 2.34. The third kappa shape index (κ3) is 2.67. The van der Waals surface area contributed by atoms with Crippen LogP contribution in [0.3, 0.4) is 0 Å². The number of nitrogens with zero attached hydrogens (tertiary/aromatic N) is 2. The summed E-state index contributed by atoms with van der Waals surface area (Å²) < 4.78 is 4.71. The number of ether oxygens (including phenoxy) is 1. The highest BCUT2D eigenvalue weighted by Gasteiger charge is 2.27. The number of carbonyl (C=O) groups is 1. The van der Waals surface area contributed by atoms with Crippen molar-refractivity contribution in [1.29, 1.82) is 0 Å². The van der Waals surface area contributed by atoms with Gasteiger partial charge in [0.25, 0.3) is 5.69 Å². The van der Waals surface area contributed by atoms with Crippen LogP contribution in [0, 0.1) is 10.1 Å². The molecule has 1 saturated heterocycles. The van der Waals surface area contributed by atoms with Crippen LogP contribution in [0.25, 0.3) is 0 Å². The van der Waals surface area contributed by atoms with E-state index in [-0.39, 0.29) is 11.3 Å². The number of para-hydroxylation sites is 1. The van der Waals surface area contributed by atoms with E-state index in [0.717, 1.165) is 32.4 Å². The van der Waals surface area contributed by atoms with Crippen LogP contribution < -0.4 is 4.90 Å². The summed E-state index contributed by atoms with van der Waals surface area (Å²) in [5.74, 6) is -0.538. The molecule has 6 nitrogen and oxygen atoms in total. The van der Waals surface area contributed by atoms with Gasteiger partial charge in [0.05, 0.1) is 17.6 Å². The quantitative estimate of drug-likeness (QED) is 0.476. The van der Waals surface area contributed by atoms with Crippen molar-refractivity contribution in [1.82, 2.24) is 0 Å². The highest BCUT2D eigenvalue weighted by atomic mass is 16.6. The minimum atomic E-state index is -0.538. The number of carbonyl (C=O) groups excluding carboxylic acids is 1. The fraction of sp³-hybridized carbons (Fsp3) is 0.462. The van der Waals surface area contributed by atoms with Crippen molar-refractivity contribution in [3.8, 4) is 0 Å². The van der Waals surface area contributed by atoms with E-state index in [1.54, 1.807) is 6.07 Å². The lowest BCUT2D eigenvalue weighted by Gasteiger charge is -2.29. The monoisotopic (exact) mass is 264 g/mol. The molecule has 0 aliphatic carbocycles. The summed E-state index contributed by atoms with van der Waals surface area (Å²) >= 11 is 0. The average Bonchev–Trinajstić information content (AvgIpc) is 2.46. The van der Waals surface area contributed by atoms with Gasteiger partial charge in [-0.15, -0.1) is 0 Å². The van der Waals surface area contributed by atoms with Crippen LogP contribution in [-0.2, 0) is 4.74 Å². The predicted octanol–water partition coefficient (Wildman–Crippen LogP) is 2.37. The first-order valence-electron chi connectivity index (χ1n) is 6.26. The first-order valence-corrected chi connectivity index (χ1v) is 6.26. The lowest BCUT2D eigenvalue weighted by atomic mass is 10.1. The summed E-state index contributed by atoms with van der Waals surface area (Å²) in [5.41, 5.74) is 0.613. The predicted molar refractivity (Wildman–Crippen MR) is 70.5 cm³/mol. The number of hydrogen-bond acceptors (Lipinski definition) is 5. The fourth-order valence-corrected chi connectivity index (χ4v) is 2.40. The molecule has 1 fully saturated rings. The molecule has 0 N–H and O–H groups in total. The molecule has 0 unspecified atom stereocenters. The Hall–Kier alpha value is -2.11. The second-order valence-electron chi connectivity index (χ2n) is 4.47. The molecule has 19 heavy (non-hydrogen) atoms. The Labute approximate surface area is 111 Å². The van der Waals surface area contributed by atoms with Crippen LogP contribution in [0.2, 0.25) is 0 Å². The van der Waals surface area contributed by atoms with E-state index in [9.17, 15) is 14.9 Å². The fourth-order valence-electron chi connectivity index (χ4n) is 2.40. The zero-order valence-corrected chi connectivity index (χ0v) is 10.8. The maximum atomic E-state index is 11.8. The molecule has 0 spiro atoms. The summed E-state index contributed by atoms with van der Waals surface area (Å²) in [4.78, 5) is 24.4. The molecule has 102 valence electrons. The molecule has 1 aliphatic rings. The van der Waals surface area contributed by atoms with Gasteiger partial charge in [-0.1, -0.05) is 6.07 Å². The number of hydrogen-bond donors (Lipinski definition) is 0. The molecule has 1 aromatic carbocycles. The Kier molecular flexibility index (Phi) is 3.99. The Morgan fingerprint density at radius 2 is 2.00 bits per heavy atom. The van der Waals surface area contributed by atoms with Gasteiger partial charge >= 0.3 is 5.97 Å². The highest BCUT2D eigenvalue weighted by molar-refractivity contribution is 5.98. The molecule has 0 saturated carbocycles. The van der Waals surface area contributed by atoms with Crippen molar-refractivity contribution >= 4 is 17.3 Å². The van der Waals surface area contributed by atoms with Crippen LogP contribution in [0.4, 0.5) is 11.4 Å². The Bertz CT molecular complexity index is 495. The summed E-state index contributed by atoms with van der Waals surface area (Å²) in [7, 11) is 1.28. The third-order valence-electron chi connectivity index (χ3n) is 3.29. The van der Waals surface area contributed by atoms with Crippen molar-refractivity contribution in [2.45, 2.75) is 19.3 Å². The van der Waals surface area contributed by atoms with Gasteiger partial charge in [0.1, 0.15) is 5.69 Å². The number of rotatable bonds is 3. The maximum absolute atomic E-state index is 11.8. The summed E-state index contributed by atoms with van der Waals surface area (Å²) in [6.45, 7) is 1.46. The zero-order valence-electron chi connectivity index (χ0n) is 10.8. The van der Waals surface area contributed by atoms with E-state index in [4.69, 9.17) is 4.74 Å². The van der Waals surface area contributed by atoms with Crippen LogP contribution in [0.1, 0.15) is 29.6 Å². The number of piperidine rings is 1. The average molecular weight is 264 g/mol. The zero-order chi connectivity index (χ0) is 13.8. The molecule has 0 atom stereocenters. The Morgan fingerprint density at radius 3 is 2.58 bits per heavy atom. The van der Waals surface area contributed by atoms with Gasteiger partial charge in [-0.25, -0.2) is 4.79 Å². The number of benzene rings is 1. The molecule has 1 aromatic rings. The van der Waals surface area contributed by atoms with E-state index in [0.29, 0.717) is 5.69 Å². The van der Waals surface area contributed by atoms with Crippen molar-refractivity contribution < 1.29 is 14.5 Å². The van der Waals surface area contributed by atoms with Crippen molar-refractivity contribution in [3.05, 3.63) is 33.9 Å². The van der Waals surface area contributed by atoms with Crippen molar-refractivity contribution in [2.75, 3.05) is 25.1 Å². The van der Waals surface area contributed by atoms with Gasteiger partial charge in [-0.05, 0) is 25.3 Å². The summed E-state index contributed by atoms with van der Waals surface area (Å²) in [6.07, 6.45) is 3.07. The lowest BCUT2D eigenvalue weighted by molar-refractivity contribution is -0.384. The minimum absolute atomic E-state index is 0.0372. The molecule has 0 aromatic heterocycles. The van der Waals surface area contributed by atoms with E-state index < -0.39 is 10.9 Å². The van der Waals surface area contributed by atoms with Crippen molar-refractivity contribution in [3.63, 3.8) is 0 Å². The maximum Gasteiger partial charge on any atom is 0.340 e. The first-order chi connectivity index (χ1) is 9.15. The number of esters is 1. The van der Waals surface area contributed by atoms with Gasteiger partial charge in [0.2, 0.25) is 0 Å². The molecule has 6 heteroatoms. The van der Waals surface area contributed by atoms with Gasteiger partial charge in [0, 0.05) is 19.2 Å². The van der Waals surface area contributed by atoms with E-state index in [1.165, 1.54) is 19.2 Å². The normalized spacial score (nSPS) is 15.1. The number of nitro benzene ring substituents is 1. The Balaban J connectivity index is 2.51. The van der Waals surface area contributed by atoms with Crippen LogP contribution in [0.5, 0.6) is 0 Å². The minimum Gasteiger partial charge on any atom is -0.465 e. The van der Waals surface area contributed by atoms with Crippen LogP contribution in [0.15, 0.2) is 18.2 Å². The first kappa shape index (κ1) is 13.3. The van der Waals surface area contributed by atoms with Gasteiger partial charge in [-0.3, -0.25) is 10.1 Å². The summed E-state index contributed by atoms with van der Waals surface area (Å²) in [6, 6.07) is 4.51. The standard InChI is InChI=1S/C13H16N2O4/c1-19-13(16)10-6-5-7-11(15(17)18)12(10)14-8-3-2-4-9-14/h5-7H,2-4,8-9H2,1H3. The van der Waals surface area contributed by atoms with Crippen LogP contribution in [-0.4, -0.2) is 31.1 Å². The molecular formula is C13H16N2O4. The number of methoxy groups -OCH3 is 1.